The van der Waals surface area contributed by atoms with Crippen molar-refractivity contribution in [2.24, 2.45) is 12.8 Å². The van der Waals surface area contributed by atoms with Crippen LogP contribution in [0, 0.1) is 0 Å². The zero-order valence-corrected chi connectivity index (χ0v) is 17.2. The van der Waals surface area contributed by atoms with Crippen molar-refractivity contribution in [1.29, 1.82) is 0 Å². The van der Waals surface area contributed by atoms with E-state index in [-0.39, 0.29) is 17.6 Å². The fourth-order valence-corrected chi connectivity index (χ4v) is 3.94. The monoisotopic (exact) mass is 461 g/mol. The number of hydrogen-bond acceptors (Lipinski definition) is 6. The van der Waals surface area contributed by atoms with Crippen LogP contribution in [0.3, 0.4) is 0 Å². The Morgan fingerprint density at radius 2 is 1.78 bits per heavy atom. The predicted octanol–water partition coefficient (Wildman–Crippen LogP) is 2.38. The average molecular weight is 461 g/mol. The van der Waals surface area contributed by atoms with Crippen LogP contribution in [-0.2, 0) is 19.8 Å². The smallest absolute Gasteiger partial charge is 0.366 e. The summed E-state index contributed by atoms with van der Waals surface area (Å²) in [6.45, 7) is -0.168. The number of nitrogens with two attached hydrogens (primary N) is 1. The van der Waals surface area contributed by atoms with E-state index in [2.05, 4.69) is 9.97 Å². The number of carbonyl (C=O) groups excluding carboxylic acids is 1. The molecule has 0 fully saturated rings. The van der Waals surface area contributed by atoms with Gasteiger partial charge in [0.2, 0.25) is 5.91 Å². The number of pyridine rings is 1. The lowest BCUT2D eigenvalue weighted by molar-refractivity contribution is -0.141. The number of aromatic nitrogens is 4. The van der Waals surface area contributed by atoms with Gasteiger partial charge < -0.3 is 5.73 Å². The van der Waals surface area contributed by atoms with Crippen molar-refractivity contribution in [3.05, 3.63) is 79.6 Å². The van der Waals surface area contributed by atoms with Crippen LogP contribution in [0.5, 0.6) is 0 Å². The molecule has 164 valence electrons. The Balaban J connectivity index is 1.72. The zero-order valence-electron chi connectivity index (χ0n) is 16.4. The summed E-state index contributed by atoms with van der Waals surface area (Å²) in [7, 11) is 1.25. The second kappa shape index (κ2) is 7.71. The number of aryl methyl sites for hydroxylation is 1. The molecule has 32 heavy (non-hydrogen) atoms. The number of benzene rings is 1. The Hall–Kier alpha value is -3.80. The van der Waals surface area contributed by atoms with Gasteiger partial charge in [0.25, 0.3) is 5.56 Å². The predicted molar refractivity (Wildman–Crippen MR) is 111 cm³/mol. The van der Waals surface area contributed by atoms with Gasteiger partial charge in [-0.25, -0.2) is 14.8 Å². The number of rotatable bonds is 4. The summed E-state index contributed by atoms with van der Waals surface area (Å²) in [6.07, 6.45) is -4.70. The molecule has 0 unspecified atom stereocenters. The molecule has 0 aliphatic rings. The maximum atomic E-state index is 13.0. The molecule has 0 atom stereocenters. The van der Waals surface area contributed by atoms with Crippen LogP contribution >= 0.6 is 11.3 Å². The van der Waals surface area contributed by atoms with Crippen molar-refractivity contribution in [3.8, 4) is 10.6 Å². The molecule has 0 aliphatic carbocycles. The number of halogens is 3. The first-order valence-electron chi connectivity index (χ1n) is 9.08. The minimum absolute atomic E-state index is 0.113. The lowest BCUT2D eigenvalue weighted by Gasteiger charge is -2.11. The van der Waals surface area contributed by atoms with Crippen molar-refractivity contribution in [3.63, 3.8) is 0 Å². The van der Waals surface area contributed by atoms with Crippen molar-refractivity contribution < 1.29 is 18.0 Å². The van der Waals surface area contributed by atoms with Crippen molar-refractivity contribution in [1.82, 2.24) is 19.1 Å². The third-order valence-electron chi connectivity index (χ3n) is 4.76. The van der Waals surface area contributed by atoms with E-state index in [0.29, 0.717) is 27.9 Å². The van der Waals surface area contributed by atoms with Gasteiger partial charge in [0, 0.05) is 23.6 Å². The average Bonchev–Trinajstić information content (AvgIpc) is 3.23. The molecule has 3 aromatic heterocycles. The highest BCUT2D eigenvalue weighted by Crippen LogP contribution is 2.28. The van der Waals surface area contributed by atoms with Gasteiger partial charge >= 0.3 is 11.9 Å². The third-order valence-corrected chi connectivity index (χ3v) is 5.71. The highest BCUT2D eigenvalue weighted by molar-refractivity contribution is 7.13. The van der Waals surface area contributed by atoms with E-state index < -0.39 is 29.0 Å². The van der Waals surface area contributed by atoms with E-state index in [1.54, 1.807) is 29.6 Å². The van der Waals surface area contributed by atoms with Crippen LogP contribution in [0.2, 0.25) is 0 Å². The normalized spacial score (nSPS) is 11.8. The molecular formula is C20H14F3N5O3S. The molecule has 4 rings (SSSR count). The Morgan fingerprint density at radius 1 is 1.09 bits per heavy atom. The largest absolute Gasteiger partial charge is 0.433 e. The lowest BCUT2D eigenvalue weighted by Crippen LogP contribution is -2.39. The van der Waals surface area contributed by atoms with Gasteiger partial charge in [-0.2, -0.15) is 13.2 Å². The van der Waals surface area contributed by atoms with Crippen molar-refractivity contribution in [2.75, 3.05) is 0 Å². The summed E-state index contributed by atoms with van der Waals surface area (Å²) in [5, 5.41) is 2.15. The number of fused-ring (bicyclic) bond motifs is 1. The highest BCUT2D eigenvalue weighted by Gasteiger charge is 2.33. The number of carbonyl (C=O) groups is 1. The third kappa shape index (κ3) is 3.80. The van der Waals surface area contributed by atoms with Crippen LogP contribution in [0.1, 0.15) is 21.7 Å². The molecule has 0 saturated heterocycles. The highest BCUT2D eigenvalue weighted by atomic mass is 32.1. The maximum Gasteiger partial charge on any atom is 0.433 e. The van der Waals surface area contributed by atoms with Gasteiger partial charge in [-0.05, 0) is 24.3 Å². The summed E-state index contributed by atoms with van der Waals surface area (Å²) in [5.74, 6) is -0.556. The molecule has 0 radical (unpaired) electrons. The van der Waals surface area contributed by atoms with Crippen LogP contribution in [0.15, 0.2) is 51.4 Å². The van der Waals surface area contributed by atoms with Crippen LogP contribution < -0.4 is 17.0 Å². The molecule has 1 amide bonds. The number of primary amides is 1. The second-order valence-electron chi connectivity index (χ2n) is 6.88. The van der Waals surface area contributed by atoms with Gasteiger partial charge in [0.05, 0.1) is 17.6 Å². The molecule has 12 heteroatoms. The molecule has 3 heterocycles. The van der Waals surface area contributed by atoms with Gasteiger partial charge in [-0.1, -0.05) is 12.1 Å². The molecule has 2 N–H and O–H groups in total. The second-order valence-corrected chi connectivity index (χ2v) is 7.74. The first kappa shape index (κ1) is 21.4. The van der Waals surface area contributed by atoms with E-state index in [4.69, 9.17) is 5.73 Å². The van der Waals surface area contributed by atoms with E-state index in [1.165, 1.54) is 18.4 Å². The molecule has 0 bridgehead atoms. The summed E-state index contributed by atoms with van der Waals surface area (Å²) >= 11 is 1.27. The summed E-state index contributed by atoms with van der Waals surface area (Å²) in [6, 6.07) is 8.18. The van der Waals surface area contributed by atoms with E-state index in [0.717, 1.165) is 15.2 Å². The minimum atomic E-state index is -4.70. The van der Waals surface area contributed by atoms with Crippen molar-refractivity contribution in [2.45, 2.75) is 12.7 Å². The fraction of sp³-hybridized carbons (Fsp3) is 0.150. The molecule has 0 saturated carbocycles. The number of nitrogens with zero attached hydrogens (tertiary/aromatic N) is 4. The summed E-state index contributed by atoms with van der Waals surface area (Å²) in [5.41, 5.74) is 3.60. The van der Waals surface area contributed by atoms with Crippen molar-refractivity contribution >= 4 is 28.3 Å². The molecule has 1 aromatic carbocycles. The maximum absolute atomic E-state index is 13.0. The van der Waals surface area contributed by atoms with Crippen LogP contribution in [0.25, 0.3) is 21.6 Å². The van der Waals surface area contributed by atoms with E-state index in [9.17, 15) is 27.6 Å². The Bertz CT molecular complexity index is 1470. The number of thiazole rings is 1. The minimum Gasteiger partial charge on any atom is -0.366 e. The first-order chi connectivity index (χ1) is 15.1. The molecule has 4 aromatic rings. The van der Waals surface area contributed by atoms with Gasteiger partial charge in [-0.15, -0.1) is 11.3 Å². The summed E-state index contributed by atoms with van der Waals surface area (Å²) < 4.78 is 40.7. The van der Waals surface area contributed by atoms with Gasteiger partial charge in [-0.3, -0.25) is 18.7 Å². The Kier molecular flexibility index (Phi) is 5.17. The SMILES string of the molecule is Cn1c(=O)n(Cc2csc(-c3ccc(C(N)=O)cc3)n2)c(=O)c2ccc(C(F)(F)F)nc21. The van der Waals surface area contributed by atoms with E-state index >= 15 is 0 Å². The molecule has 0 aliphatic heterocycles. The van der Waals surface area contributed by atoms with Crippen LogP contribution in [-0.4, -0.2) is 25.0 Å². The topological polar surface area (TPSA) is 113 Å². The van der Waals surface area contributed by atoms with Gasteiger partial charge in [0.15, 0.2) is 0 Å². The Labute approximate surface area is 181 Å². The van der Waals surface area contributed by atoms with Gasteiger partial charge in [0.1, 0.15) is 16.3 Å². The first-order valence-corrected chi connectivity index (χ1v) is 9.96. The summed E-state index contributed by atoms with van der Waals surface area (Å²) in [4.78, 5) is 44.6. The molecular weight excluding hydrogens is 447 g/mol. The quantitative estimate of drug-likeness (QED) is 0.502. The Morgan fingerprint density at radius 3 is 2.41 bits per heavy atom. The molecule has 8 nitrogen and oxygen atoms in total. The number of hydrogen-bond donors (Lipinski definition) is 1. The number of amides is 1. The molecule has 0 spiro atoms. The zero-order chi connectivity index (χ0) is 23.2. The lowest BCUT2D eigenvalue weighted by atomic mass is 10.1. The number of alkyl halides is 3. The standard InChI is InChI=1S/C20H14F3N5O3S/c1-27-16-13(6-7-14(26-16)20(21,22)23)18(30)28(19(27)31)8-12-9-32-17(25-12)11-4-2-10(3-5-11)15(24)29/h2-7,9H,8H2,1H3,(H2,24,29). The van der Waals surface area contributed by atoms with E-state index in [1.807, 2.05) is 0 Å². The fourth-order valence-electron chi connectivity index (χ4n) is 3.12. The van der Waals surface area contributed by atoms with Crippen LogP contribution in [0.4, 0.5) is 13.2 Å².